The second-order valence-electron chi connectivity index (χ2n) is 2.78. The summed E-state index contributed by atoms with van der Waals surface area (Å²) in [7, 11) is 0. The molecule has 0 unspecified atom stereocenters. The highest BCUT2D eigenvalue weighted by Gasteiger charge is 2.09. The summed E-state index contributed by atoms with van der Waals surface area (Å²) >= 11 is 0. The normalized spacial score (nSPS) is 9.40. The van der Waals surface area contributed by atoms with Crippen molar-refractivity contribution in [3.05, 3.63) is 23.8 Å². The van der Waals surface area contributed by atoms with Gasteiger partial charge in [-0.3, -0.25) is 9.78 Å². The number of nitrogens with two attached hydrogens (primary N) is 1. The van der Waals surface area contributed by atoms with Gasteiger partial charge >= 0.3 is 0 Å². The van der Waals surface area contributed by atoms with E-state index in [1.165, 1.54) is 6.20 Å². The van der Waals surface area contributed by atoms with Crippen molar-refractivity contribution in [2.45, 2.75) is 6.42 Å². The van der Waals surface area contributed by atoms with E-state index in [0.29, 0.717) is 0 Å². The highest BCUT2D eigenvalue weighted by molar-refractivity contribution is 5.92. The molecule has 5 heteroatoms. The monoisotopic (exact) mass is 207 g/mol. The zero-order valence-corrected chi connectivity index (χ0v) is 7.96. The number of nitrogens with zero attached hydrogens (tertiary/aromatic N) is 1. The maximum Gasteiger partial charge on any atom is 0.238 e. The second kappa shape index (κ2) is 5.08. The van der Waals surface area contributed by atoms with Crippen LogP contribution in [0.15, 0.2) is 12.4 Å². The summed E-state index contributed by atoms with van der Waals surface area (Å²) < 4.78 is 13.3. The highest BCUT2D eigenvalue weighted by Crippen LogP contribution is 2.17. The standard InChI is InChI=1S/C10H10FN3O/c1-2-3-7-8(11)5-13-6-9(7)14-10(15)4-12/h1,5-6H,3-4,12H2,(H,14,15). The minimum atomic E-state index is -0.539. The fourth-order valence-corrected chi connectivity index (χ4v) is 1.05. The number of hydrogen-bond donors (Lipinski definition) is 2. The van der Waals surface area contributed by atoms with Crippen molar-refractivity contribution >= 4 is 11.6 Å². The fraction of sp³-hybridized carbons (Fsp3) is 0.200. The van der Waals surface area contributed by atoms with E-state index in [2.05, 4.69) is 16.2 Å². The van der Waals surface area contributed by atoms with E-state index in [-0.39, 0.29) is 24.2 Å². The molecule has 0 aliphatic rings. The molecule has 0 saturated heterocycles. The molecule has 0 radical (unpaired) electrons. The van der Waals surface area contributed by atoms with Crippen molar-refractivity contribution in [3.63, 3.8) is 0 Å². The first-order valence-electron chi connectivity index (χ1n) is 4.24. The Hall–Kier alpha value is -1.93. The summed E-state index contributed by atoms with van der Waals surface area (Å²) in [6.45, 7) is -0.175. The number of rotatable bonds is 3. The molecular weight excluding hydrogens is 197 g/mol. The Morgan fingerprint density at radius 1 is 1.67 bits per heavy atom. The Bertz CT molecular complexity index is 412. The number of aromatic nitrogens is 1. The third kappa shape index (κ3) is 2.76. The lowest BCUT2D eigenvalue weighted by atomic mass is 10.1. The minimum absolute atomic E-state index is 0.0918. The van der Waals surface area contributed by atoms with Crippen LogP contribution in [0.2, 0.25) is 0 Å². The Labute approximate surface area is 86.7 Å². The molecular formula is C10H10FN3O. The summed E-state index contributed by atoms with van der Waals surface area (Å²) in [5, 5.41) is 2.42. The molecule has 3 N–H and O–H groups in total. The van der Waals surface area contributed by atoms with Crippen molar-refractivity contribution in [1.82, 2.24) is 4.98 Å². The van der Waals surface area contributed by atoms with Crippen LogP contribution in [0.3, 0.4) is 0 Å². The van der Waals surface area contributed by atoms with Crippen LogP contribution in [0.1, 0.15) is 5.56 Å². The van der Waals surface area contributed by atoms with Gasteiger partial charge in [0, 0.05) is 12.0 Å². The molecule has 0 saturated carbocycles. The van der Waals surface area contributed by atoms with Gasteiger partial charge in [0.1, 0.15) is 5.82 Å². The number of anilines is 1. The van der Waals surface area contributed by atoms with Gasteiger partial charge < -0.3 is 11.1 Å². The number of hydrogen-bond acceptors (Lipinski definition) is 3. The molecule has 0 atom stereocenters. The van der Waals surface area contributed by atoms with Crippen molar-refractivity contribution in [2.24, 2.45) is 5.73 Å². The zero-order valence-electron chi connectivity index (χ0n) is 7.96. The van der Waals surface area contributed by atoms with Crippen LogP contribution in [-0.4, -0.2) is 17.4 Å². The average Bonchev–Trinajstić information content (AvgIpc) is 2.23. The van der Waals surface area contributed by atoms with Gasteiger partial charge in [-0.05, 0) is 0 Å². The van der Waals surface area contributed by atoms with Crippen LogP contribution in [-0.2, 0) is 11.2 Å². The van der Waals surface area contributed by atoms with Gasteiger partial charge in [0.2, 0.25) is 5.91 Å². The van der Waals surface area contributed by atoms with Gasteiger partial charge in [-0.15, -0.1) is 12.3 Å². The first-order chi connectivity index (χ1) is 7.19. The number of terminal acetylenes is 1. The maximum absolute atomic E-state index is 13.3. The second-order valence-corrected chi connectivity index (χ2v) is 2.78. The Balaban J connectivity index is 3.01. The molecule has 1 heterocycles. The number of amides is 1. The lowest BCUT2D eigenvalue weighted by Gasteiger charge is -2.08. The van der Waals surface area contributed by atoms with Gasteiger partial charge in [0.15, 0.2) is 0 Å². The first-order valence-corrected chi connectivity index (χ1v) is 4.24. The van der Waals surface area contributed by atoms with E-state index in [1.54, 1.807) is 0 Å². The predicted octanol–water partition coefficient (Wildman–Crippen LogP) is 0.294. The van der Waals surface area contributed by atoms with E-state index in [9.17, 15) is 9.18 Å². The molecule has 1 aromatic rings. The molecule has 0 fully saturated rings. The smallest absolute Gasteiger partial charge is 0.238 e. The summed E-state index contributed by atoms with van der Waals surface area (Å²) in [6.07, 6.45) is 7.56. The van der Waals surface area contributed by atoms with Gasteiger partial charge in [-0.2, -0.15) is 0 Å². The summed E-state index contributed by atoms with van der Waals surface area (Å²) in [6, 6.07) is 0. The van der Waals surface area contributed by atoms with E-state index in [4.69, 9.17) is 12.2 Å². The molecule has 0 spiro atoms. The summed E-state index contributed by atoms with van der Waals surface area (Å²) in [5.41, 5.74) is 5.63. The van der Waals surface area contributed by atoms with Crippen LogP contribution in [0.4, 0.5) is 10.1 Å². The third-order valence-corrected chi connectivity index (χ3v) is 1.74. The molecule has 1 amide bonds. The van der Waals surface area contributed by atoms with Gasteiger partial charge in [0.25, 0.3) is 0 Å². The SMILES string of the molecule is C#CCc1c(F)cncc1NC(=O)CN. The third-order valence-electron chi connectivity index (χ3n) is 1.74. The molecule has 0 aliphatic heterocycles. The Morgan fingerprint density at radius 3 is 3.00 bits per heavy atom. The van der Waals surface area contributed by atoms with Crippen LogP contribution in [0.5, 0.6) is 0 Å². The molecule has 1 aromatic heterocycles. The molecule has 0 aromatic carbocycles. The van der Waals surface area contributed by atoms with Crippen LogP contribution < -0.4 is 11.1 Å². The Morgan fingerprint density at radius 2 is 2.40 bits per heavy atom. The molecule has 1 rings (SSSR count). The molecule has 0 aliphatic carbocycles. The fourth-order valence-electron chi connectivity index (χ4n) is 1.05. The number of carbonyl (C=O) groups is 1. The van der Waals surface area contributed by atoms with Crippen LogP contribution in [0.25, 0.3) is 0 Å². The average molecular weight is 207 g/mol. The molecule has 78 valence electrons. The number of halogens is 1. The van der Waals surface area contributed by atoms with Crippen molar-refractivity contribution < 1.29 is 9.18 Å². The zero-order chi connectivity index (χ0) is 11.3. The number of pyridine rings is 1. The van der Waals surface area contributed by atoms with Crippen molar-refractivity contribution in [3.8, 4) is 12.3 Å². The maximum atomic E-state index is 13.3. The van der Waals surface area contributed by atoms with E-state index in [1.807, 2.05) is 0 Å². The highest BCUT2D eigenvalue weighted by atomic mass is 19.1. The molecule has 15 heavy (non-hydrogen) atoms. The number of nitrogens with one attached hydrogen (secondary N) is 1. The van der Waals surface area contributed by atoms with Gasteiger partial charge in [0.05, 0.1) is 24.6 Å². The lowest BCUT2D eigenvalue weighted by molar-refractivity contribution is -0.114. The minimum Gasteiger partial charge on any atom is -0.323 e. The van der Waals surface area contributed by atoms with E-state index >= 15 is 0 Å². The van der Waals surface area contributed by atoms with E-state index in [0.717, 1.165) is 6.20 Å². The van der Waals surface area contributed by atoms with Gasteiger partial charge in [-0.1, -0.05) is 0 Å². The molecule has 0 bridgehead atoms. The lowest BCUT2D eigenvalue weighted by Crippen LogP contribution is -2.22. The predicted molar refractivity (Wildman–Crippen MR) is 54.4 cm³/mol. The van der Waals surface area contributed by atoms with Crippen molar-refractivity contribution in [2.75, 3.05) is 11.9 Å². The summed E-state index contributed by atoms with van der Waals surface area (Å²) in [5.74, 6) is 1.35. The van der Waals surface area contributed by atoms with Crippen LogP contribution in [0, 0.1) is 18.2 Å². The quantitative estimate of drug-likeness (QED) is 0.700. The van der Waals surface area contributed by atoms with Gasteiger partial charge in [-0.25, -0.2) is 4.39 Å². The first kappa shape index (κ1) is 11.1. The summed E-state index contributed by atoms with van der Waals surface area (Å²) in [4.78, 5) is 14.6. The molecule has 4 nitrogen and oxygen atoms in total. The number of carbonyl (C=O) groups excluding carboxylic acids is 1. The largest absolute Gasteiger partial charge is 0.323 e. The Kier molecular flexibility index (Phi) is 3.77. The van der Waals surface area contributed by atoms with Crippen molar-refractivity contribution in [1.29, 1.82) is 0 Å². The van der Waals surface area contributed by atoms with Crippen LogP contribution >= 0.6 is 0 Å². The van der Waals surface area contributed by atoms with E-state index < -0.39 is 11.7 Å². The topological polar surface area (TPSA) is 68.0 Å².